The summed E-state index contributed by atoms with van der Waals surface area (Å²) >= 11 is 0. The molecule has 2 aliphatic carbocycles. The predicted molar refractivity (Wildman–Crippen MR) is 118 cm³/mol. The lowest BCUT2D eigenvalue weighted by Crippen LogP contribution is -2.47. The zero-order valence-electron chi connectivity index (χ0n) is 18.8. The zero-order chi connectivity index (χ0) is 21.7. The smallest absolute Gasteiger partial charge is 0.368 e. The molecule has 3 aliphatic rings. The minimum absolute atomic E-state index is 0.0417. The van der Waals surface area contributed by atoms with Gasteiger partial charge in [0.25, 0.3) is 0 Å². The van der Waals surface area contributed by atoms with Gasteiger partial charge in [0.2, 0.25) is 0 Å². The molecule has 0 amide bonds. The van der Waals surface area contributed by atoms with Crippen molar-refractivity contribution >= 4 is 11.3 Å². The number of anilines is 1. The van der Waals surface area contributed by atoms with Crippen molar-refractivity contribution in [3.8, 4) is 0 Å². The largest absolute Gasteiger partial charge is 0.416 e. The van der Waals surface area contributed by atoms with Gasteiger partial charge in [0.1, 0.15) is 0 Å². The van der Waals surface area contributed by atoms with E-state index in [1.807, 2.05) is 0 Å². The summed E-state index contributed by atoms with van der Waals surface area (Å²) in [6.45, 7) is 13.6. The van der Waals surface area contributed by atoms with Crippen LogP contribution in [0.3, 0.4) is 0 Å². The first-order chi connectivity index (χ1) is 13.9. The average molecular weight is 421 g/mol. The molecular weight excluding hydrogens is 385 g/mol. The number of piperazine rings is 1. The van der Waals surface area contributed by atoms with Crippen molar-refractivity contribution in [1.29, 1.82) is 0 Å². The van der Waals surface area contributed by atoms with E-state index in [0.717, 1.165) is 62.7 Å². The fraction of sp³-hybridized carbons (Fsp3) is 0.680. The Morgan fingerprint density at radius 1 is 1.00 bits per heavy atom. The van der Waals surface area contributed by atoms with Crippen LogP contribution in [-0.4, -0.2) is 37.6 Å². The Labute approximate surface area is 179 Å². The molecule has 2 fully saturated rings. The predicted octanol–water partition coefficient (Wildman–Crippen LogP) is 6.47. The van der Waals surface area contributed by atoms with Crippen LogP contribution >= 0.6 is 0 Å². The van der Waals surface area contributed by atoms with E-state index in [1.165, 1.54) is 30.5 Å². The van der Waals surface area contributed by atoms with E-state index in [9.17, 15) is 13.2 Å². The lowest BCUT2D eigenvalue weighted by atomic mass is 9.65. The highest BCUT2D eigenvalue weighted by atomic mass is 19.4. The average Bonchev–Trinajstić information content (AvgIpc) is 3.42. The summed E-state index contributed by atoms with van der Waals surface area (Å²) < 4.78 is 40.6. The lowest BCUT2D eigenvalue weighted by molar-refractivity contribution is -0.137. The van der Waals surface area contributed by atoms with Crippen LogP contribution < -0.4 is 4.90 Å². The number of hydrogen-bond donors (Lipinski definition) is 0. The van der Waals surface area contributed by atoms with Gasteiger partial charge in [-0.15, -0.1) is 0 Å². The fourth-order valence-electron chi connectivity index (χ4n) is 5.64. The summed E-state index contributed by atoms with van der Waals surface area (Å²) in [6, 6.07) is 4.37. The van der Waals surface area contributed by atoms with Gasteiger partial charge in [0, 0.05) is 44.0 Å². The van der Waals surface area contributed by atoms with E-state index in [0.29, 0.717) is 0 Å². The lowest BCUT2D eigenvalue weighted by Gasteiger charge is -2.41. The monoisotopic (exact) mass is 420 g/mol. The van der Waals surface area contributed by atoms with Crippen LogP contribution in [0.5, 0.6) is 0 Å². The molecule has 4 rings (SSSR count). The van der Waals surface area contributed by atoms with Gasteiger partial charge in [-0.3, -0.25) is 4.90 Å². The van der Waals surface area contributed by atoms with Gasteiger partial charge in [0.05, 0.1) is 5.56 Å². The van der Waals surface area contributed by atoms with Gasteiger partial charge in [-0.2, -0.15) is 13.2 Å². The second-order valence-corrected chi connectivity index (χ2v) is 11.1. The first kappa shape index (κ1) is 21.7. The van der Waals surface area contributed by atoms with E-state index >= 15 is 0 Å². The molecule has 1 saturated carbocycles. The van der Waals surface area contributed by atoms with Crippen molar-refractivity contribution in [3.63, 3.8) is 0 Å². The van der Waals surface area contributed by atoms with Crippen molar-refractivity contribution in [3.05, 3.63) is 35.4 Å². The van der Waals surface area contributed by atoms with Gasteiger partial charge < -0.3 is 4.90 Å². The molecule has 0 bridgehead atoms. The van der Waals surface area contributed by atoms with Crippen LogP contribution in [0, 0.1) is 16.7 Å². The van der Waals surface area contributed by atoms with E-state index in [-0.39, 0.29) is 10.8 Å². The second-order valence-electron chi connectivity index (χ2n) is 11.1. The Balaban J connectivity index is 1.66. The number of alkyl halides is 3. The number of nitrogens with zero attached hydrogens (tertiary/aromatic N) is 2. The Morgan fingerprint density at radius 3 is 2.23 bits per heavy atom. The van der Waals surface area contributed by atoms with Crippen molar-refractivity contribution < 1.29 is 13.2 Å². The van der Waals surface area contributed by atoms with Crippen LogP contribution in [0.15, 0.2) is 24.3 Å². The highest BCUT2D eigenvalue weighted by molar-refractivity contribution is 5.79. The van der Waals surface area contributed by atoms with Crippen LogP contribution in [0.1, 0.15) is 64.5 Å². The maximum absolute atomic E-state index is 13.5. The topological polar surface area (TPSA) is 6.48 Å². The van der Waals surface area contributed by atoms with Crippen molar-refractivity contribution in [2.24, 2.45) is 16.7 Å². The number of halogens is 3. The molecule has 0 N–H and O–H groups in total. The number of hydrogen-bond acceptors (Lipinski definition) is 2. The molecule has 1 aliphatic heterocycles. The molecule has 1 aromatic rings. The Bertz CT molecular complexity index is 810. The first-order valence-corrected chi connectivity index (χ1v) is 11.3. The molecule has 166 valence electrons. The number of allylic oxidation sites excluding steroid dienone is 2. The van der Waals surface area contributed by atoms with Crippen LogP contribution in [0.25, 0.3) is 5.57 Å². The number of rotatable bonds is 4. The summed E-state index contributed by atoms with van der Waals surface area (Å²) in [5.41, 5.74) is 2.57. The third-order valence-corrected chi connectivity index (χ3v) is 6.77. The fourth-order valence-corrected chi connectivity index (χ4v) is 5.64. The minimum Gasteiger partial charge on any atom is -0.368 e. The Kier molecular flexibility index (Phi) is 5.49. The summed E-state index contributed by atoms with van der Waals surface area (Å²) in [4.78, 5) is 4.66. The molecule has 2 nitrogen and oxygen atoms in total. The quantitative estimate of drug-likeness (QED) is 0.551. The highest BCUT2D eigenvalue weighted by Crippen LogP contribution is 2.49. The van der Waals surface area contributed by atoms with E-state index in [2.05, 4.69) is 43.6 Å². The van der Waals surface area contributed by atoms with Gasteiger partial charge in [0.15, 0.2) is 0 Å². The van der Waals surface area contributed by atoms with Crippen molar-refractivity contribution in [2.45, 2.75) is 59.6 Å². The maximum Gasteiger partial charge on any atom is 0.416 e. The molecular formula is C25H35F3N2. The molecule has 1 aromatic carbocycles. The van der Waals surface area contributed by atoms with Gasteiger partial charge >= 0.3 is 6.18 Å². The Morgan fingerprint density at radius 2 is 1.67 bits per heavy atom. The third-order valence-electron chi connectivity index (χ3n) is 6.77. The second kappa shape index (κ2) is 7.58. The molecule has 30 heavy (non-hydrogen) atoms. The standard InChI is InChI=1S/C25H35F3N2/c1-23(2)14-19(15-24(3,4)17-23)21-8-7-20(25(26,27)28)13-22(21)30-11-9-29(10-12-30)16-18-5-6-18/h7-8,13-14,18H,5-6,9-12,15-17H2,1-4H3. The molecule has 0 aromatic heterocycles. The summed E-state index contributed by atoms with van der Waals surface area (Å²) in [5.74, 6) is 0.845. The van der Waals surface area contributed by atoms with Gasteiger partial charge in [-0.1, -0.05) is 39.8 Å². The zero-order valence-corrected chi connectivity index (χ0v) is 18.8. The van der Waals surface area contributed by atoms with Crippen LogP contribution in [0.2, 0.25) is 0 Å². The van der Waals surface area contributed by atoms with Crippen LogP contribution in [-0.2, 0) is 6.18 Å². The third kappa shape index (κ3) is 5.04. The highest BCUT2D eigenvalue weighted by Gasteiger charge is 2.36. The van der Waals surface area contributed by atoms with Crippen LogP contribution in [0.4, 0.5) is 18.9 Å². The molecule has 0 radical (unpaired) electrons. The van der Waals surface area contributed by atoms with Gasteiger partial charge in [-0.25, -0.2) is 0 Å². The summed E-state index contributed by atoms with van der Waals surface area (Å²) in [7, 11) is 0. The normalized spacial score (nSPS) is 24.6. The molecule has 1 saturated heterocycles. The maximum atomic E-state index is 13.5. The van der Waals surface area contributed by atoms with E-state index in [4.69, 9.17) is 0 Å². The van der Waals surface area contributed by atoms with Gasteiger partial charge in [-0.05, 0) is 60.1 Å². The van der Waals surface area contributed by atoms with Crippen molar-refractivity contribution in [2.75, 3.05) is 37.6 Å². The molecule has 5 heteroatoms. The number of benzene rings is 1. The Hall–Kier alpha value is -1.49. The minimum atomic E-state index is -4.32. The molecule has 0 spiro atoms. The summed E-state index contributed by atoms with van der Waals surface area (Å²) in [5, 5.41) is 0. The van der Waals surface area contributed by atoms with E-state index < -0.39 is 11.7 Å². The summed E-state index contributed by atoms with van der Waals surface area (Å²) in [6.07, 6.45) is 2.62. The first-order valence-electron chi connectivity index (χ1n) is 11.3. The van der Waals surface area contributed by atoms with E-state index in [1.54, 1.807) is 6.07 Å². The molecule has 1 heterocycles. The molecule has 0 unspecified atom stereocenters. The molecule has 0 atom stereocenters. The SMILES string of the molecule is CC1(C)C=C(c2ccc(C(F)(F)F)cc2N2CCN(CC3CC3)CC2)CC(C)(C)C1. The van der Waals surface area contributed by atoms with Crippen molar-refractivity contribution in [1.82, 2.24) is 4.90 Å².